The molecule has 0 radical (unpaired) electrons. The predicted octanol–water partition coefficient (Wildman–Crippen LogP) is 1.47. The van der Waals surface area contributed by atoms with Crippen LogP contribution in [0.5, 0.6) is 5.75 Å². The van der Waals surface area contributed by atoms with Gasteiger partial charge in [0, 0.05) is 30.6 Å². The van der Waals surface area contributed by atoms with Gasteiger partial charge in [-0.05, 0) is 44.0 Å². The molecule has 27 heavy (non-hydrogen) atoms. The van der Waals surface area contributed by atoms with Crippen molar-refractivity contribution in [2.24, 2.45) is 5.92 Å². The van der Waals surface area contributed by atoms with Gasteiger partial charge in [-0.25, -0.2) is 13.9 Å². The summed E-state index contributed by atoms with van der Waals surface area (Å²) in [6, 6.07) is 7.22. The van der Waals surface area contributed by atoms with Gasteiger partial charge >= 0.3 is 11.2 Å². The Hall–Kier alpha value is -2.87. The number of rotatable bonds is 5. The van der Waals surface area contributed by atoms with Crippen molar-refractivity contribution in [1.82, 2.24) is 18.7 Å². The third-order valence-electron chi connectivity index (χ3n) is 4.76. The van der Waals surface area contributed by atoms with E-state index in [0.717, 1.165) is 25.2 Å². The van der Waals surface area contributed by atoms with Gasteiger partial charge in [-0.2, -0.15) is 0 Å². The predicted molar refractivity (Wildman–Crippen MR) is 99.8 cm³/mol. The highest BCUT2D eigenvalue weighted by atomic mass is 16.5. The van der Waals surface area contributed by atoms with Crippen molar-refractivity contribution in [3.8, 4) is 11.4 Å². The molecular weight excluding hydrogens is 348 g/mol. The molecule has 3 heterocycles. The number of benzene rings is 1. The number of hydrogen-bond acceptors (Lipinski definition) is 5. The summed E-state index contributed by atoms with van der Waals surface area (Å²) < 4.78 is 15.1. The third kappa shape index (κ3) is 3.40. The van der Waals surface area contributed by atoms with Crippen LogP contribution in [0.1, 0.15) is 19.8 Å². The molecule has 1 aliphatic rings. The Morgan fingerprint density at radius 2 is 2.04 bits per heavy atom. The summed E-state index contributed by atoms with van der Waals surface area (Å²) >= 11 is 0. The number of aromatic nitrogens is 4. The Labute approximate surface area is 155 Å². The Bertz CT molecular complexity index is 1040. The molecule has 0 amide bonds. The maximum absolute atomic E-state index is 12.9. The van der Waals surface area contributed by atoms with Crippen LogP contribution in [-0.2, 0) is 11.3 Å². The highest BCUT2D eigenvalue weighted by molar-refractivity contribution is 5.42. The fourth-order valence-electron chi connectivity index (χ4n) is 3.40. The summed E-state index contributed by atoms with van der Waals surface area (Å²) in [7, 11) is 0. The quantitative estimate of drug-likeness (QED) is 0.680. The molecule has 8 heteroatoms. The zero-order valence-corrected chi connectivity index (χ0v) is 15.2. The fourth-order valence-corrected chi connectivity index (χ4v) is 3.40. The average Bonchev–Trinajstić information content (AvgIpc) is 3.01. The normalized spacial score (nSPS) is 17.3. The smallest absolute Gasteiger partial charge is 0.350 e. The van der Waals surface area contributed by atoms with Crippen molar-refractivity contribution in [3.63, 3.8) is 0 Å². The Kier molecular flexibility index (Phi) is 4.81. The van der Waals surface area contributed by atoms with Crippen molar-refractivity contribution in [3.05, 3.63) is 57.5 Å². The first-order valence-corrected chi connectivity index (χ1v) is 9.19. The number of hydrogen-bond donors (Lipinski definition) is 0. The molecule has 3 aromatic rings. The van der Waals surface area contributed by atoms with E-state index in [9.17, 15) is 9.59 Å². The van der Waals surface area contributed by atoms with E-state index in [1.54, 1.807) is 24.5 Å². The van der Waals surface area contributed by atoms with Crippen LogP contribution >= 0.6 is 0 Å². The summed E-state index contributed by atoms with van der Waals surface area (Å²) in [5, 5.41) is 4.29. The molecule has 0 bridgehead atoms. The molecule has 1 atom stereocenters. The maximum Gasteiger partial charge on any atom is 0.350 e. The number of fused-ring (bicyclic) bond motifs is 1. The van der Waals surface area contributed by atoms with Gasteiger partial charge in [0.2, 0.25) is 5.65 Å². The van der Waals surface area contributed by atoms with Gasteiger partial charge in [-0.1, -0.05) is 0 Å². The number of ether oxygens (including phenoxy) is 2. The van der Waals surface area contributed by atoms with Gasteiger partial charge < -0.3 is 9.47 Å². The summed E-state index contributed by atoms with van der Waals surface area (Å²) in [6.07, 6.45) is 5.15. The molecule has 1 fully saturated rings. The standard InChI is InChI=1S/C19H22N4O4/c1-2-27-16-7-5-15(6-8-16)21-9-10-22-17(18(21)24)20-23(19(22)25)12-14-4-3-11-26-13-14/h5-10,14H,2-4,11-13H2,1H3. The Morgan fingerprint density at radius 3 is 2.74 bits per heavy atom. The van der Waals surface area contributed by atoms with Crippen LogP contribution in [0, 0.1) is 5.92 Å². The lowest BCUT2D eigenvalue weighted by Gasteiger charge is -2.21. The lowest BCUT2D eigenvalue weighted by molar-refractivity contribution is 0.0466. The molecule has 1 aromatic carbocycles. The second kappa shape index (κ2) is 7.40. The van der Waals surface area contributed by atoms with E-state index in [4.69, 9.17) is 9.47 Å². The molecule has 142 valence electrons. The minimum atomic E-state index is -0.336. The highest BCUT2D eigenvalue weighted by Crippen LogP contribution is 2.15. The van der Waals surface area contributed by atoms with Crippen LogP contribution in [0.2, 0.25) is 0 Å². The van der Waals surface area contributed by atoms with Crippen LogP contribution in [-0.4, -0.2) is 38.6 Å². The first-order valence-electron chi connectivity index (χ1n) is 9.19. The van der Waals surface area contributed by atoms with Crippen molar-refractivity contribution in [2.75, 3.05) is 19.8 Å². The first kappa shape index (κ1) is 17.5. The molecule has 4 rings (SSSR count). The van der Waals surface area contributed by atoms with Crippen LogP contribution in [0.25, 0.3) is 11.3 Å². The molecule has 1 aliphatic heterocycles. The molecule has 0 spiro atoms. The van der Waals surface area contributed by atoms with E-state index in [0.29, 0.717) is 25.4 Å². The van der Waals surface area contributed by atoms with E-state index in [2.05, 4.69) is 5.10 Å². The molecule has 1 saturated heterocycles. The van der Waals surface area contributed by atoms with Gasteiger partial charge in [0.1, 0.15) is 5.75 Å². The summed E-state index contributed by atoms with van der Waals surface area (Å²) in [6.45, 7) is 4.35. The van der Waals surface area contributed by atoms with Crippen LogP contribution < -0.4 is 16.0 Å². The largest absolute Gasteiger partial charge is 0.494 e. The van der Waals surface area contributed by atoms with Gasteiger partial charge in [-0.3, -0.25) is 9.36 Å². The SMILES string of the molecule is CCOc1ccc(-n2ccn3c(=O)n(CC4CCCOC4)nc3c2=O)cc1. The lowest BCUT2D eigenvalue weighted by atomic mass is 10.0. The molecule has 0 N–H and O–H groups in total. The van der Waals surface area contributed by atoms with Gasteiger partial charge in [0.25, 0.3) is 0 Å². The number of nitrogens with zero attached hydrogens (tertiary/aromatic N) is 4. The second-order valence-corrected chi connectivity index (χ2v) is 6.64. The minimum absolute atomic E-state index is 0.119. The van der Waals surface area contributed by atoms with E-state index in [1.165, 1.54) is 13.6 Å². The minimum Gasteiger partial charge on any atom is -0.494 e. The Balaban J connectivity index is 1.69. The van der Waals surface area contributed by atoms with Crippen molar-refractivity contribution < 1.29 is 9.47 Å². The van der Waals surface area contributed by atoms with Gasteiger partial charge in [-0.15, -0.1) is 5.10 Å². The van der Waals surface area contributed by atoms with E-state index >= 15 is 0 Å². The van der Waals surface area contributed by atoms with Gasteiger partial charge in [0.15, 0.2) is 0 Å². The highest BCUT2D eigenvalue weighted by Gasteiger charge is 2.19. The summed E-state index contributed by atoms with van der Waals surface area (Å²) in [5.41, 5.74) is 0.172. The summed E-state index contributed by atoms with van der Waals surface area (Å²) in [5.74, 6) is 0.986. The van der Waals surface area contributed by atoms with Gasteiger partial charge in [0.05, 0.1) is 19.8 Å². The average molecular weight is 370 g/mol. The molecule has 0 saturated carbocycles. The second-order valence-electron chi connectivity index (χ2n) is 6.64. The topological polar surface area (TPSA) is 79.8 Å². The summed E-state index contributed by atoms with van der Waals surface area (Å²) in [4.78, 5) is 25.4. The zero-order valence-electron chi connectivity index (χ0n) is 15.2. The monoisotopic (exact) mass is 370 g/mol. The van der Waals surface area contributed by atoms with Crippen molar-refractivity contribution >= 4 is 5.65 Å². The van der Waals surface area contributed by atoms with E-state index in [1.807, 2.05) is 19.1 Å². The van der Waals surface area contributed by atoms with E-state index in [-0.39, 0.29) is 22.8 Å². The lowest BCUT2D eigenvalue weighted by Crippen LogP contribution is -2.29. The third-order valence-corrected chi connectivity index (χ3v) is 4.76. The van der Waals surface area contributed by atoms with Crippen LogP contribution in [0.4, 0.5) is 0 Å². The van der Waals surface area contributed by atoms with E-state index < -0.39 is 0 Å². The first-order chi connectivity index (χ1) is 13.2. The molecule has 8 nitrogen and oxygen atoms in total. The fraction of sp³-hybridized carbons (Fsp3) is 0.421. The van der Waals surface area contributed by atoms with Crippen molar-refractivity contribution in [2.45, 2.75) is 26.3 Å². The molecule has 0 aliphatic carbocycles. The molecule has 2 aromatic heterocycles. The maximum atomic E-state index is 12.9. The van der Waals surface area contributed by atoms with Crippen LogP contribution in [0.3, 0.4) is 0 Å². The zero-order chi connectivity index (χ0) is 18.8. The molecule has 1 unspecified atom stereocenters. The van der Waals surface area contributed by atoms with Crippen LogP contribution in [0.15, 0.2) is 46.2 Å². The Morgan fingerprint density at radius 1 is 1.22 bits per heavy atom. The molecular formula is C19H22N4O4. The van der Waals surface area contributed by atoms with Crippen molar-refractivity contribution in [1.29, 1.82) is 0 Å².